The third-order valence-electron chi connectivity index (χ3n) is 9.53. The van der Waals surface area contributed by atoms with Gasteiger partial charge >= 0.3 is 6.18 Å². The molecule has 1 saturated heterocycles. The summed E-state index contributed by atoms with van der Waals surface area (Å²) in [7, 11) is 1.69. The molecule has 282 valence electrons. The maximum Gasteiger partial charge on any atom is 0.416 e. The van der Waals surface area contributed by atoms with Gasteiger partial charge in [0.1, 0.15) is 11.6 Å². The maximum absolute atomic E-state index is 14.4. The number of aromatic nitrogens is 3. The van der Waals surface area contributed by atoms with E-state index in [0.717, 1.165) is 58.6 Å². The SMILES string of the molecule is C[C@H](OCCN(C)C(=O)C(Cc1ccccc1)N(Cc1ccc(N2CCOCC2)cc1)C(=O)C=Cc1ccc(C(F)(F)F)cc1)c1ccc2[nH]nnc2c1. The summed E-state index contributed by atoms with van der Waals surface area (Å²) < 4.78 is 51.2. The highest BCUT2D eigenvalue weighted by Crippen LogP contribution is 2.29. The minimum Gasteiger partial charge on any atom is -0.378 e. The molecule has 5 aromatic rings. The van der Waals surface area contributed by atoms with Gasteiger partial charge in [-0.3, -0.25) is 14.7 Å². The summed E-state index contributed by atoms with van der Waals surface area (Å²) >= 11 is 0. The number of fused-ring (bicyclic) bond motifs is 1. The van der Waals surface area contributed by atoms with Crippen LogP contribution in [0.5, 0.6) is 0 Å². The molecule has 1 N–H and O–H groups in total. The fourth-order valence-electron chi connectivity index (χ4n) is 6.33. The van der Waals surface area contributed by atoms with E-state index >= 15 is 0 Å². The van der Waals surface area contributed by atoms with Gasteiger partial charge in [0.2, 0.25) is 11.8 Å². The number of alkyl halides is 3. The molecule has 2 atom stereocenters. The van der Waals surface area contributed by atoms with Crippen molar-refractivity contribution in [1.29, 1.82) is 0 Å². The zero-order valence-corrected chi connectivity index (χ0v) is 30.2. The van der Waals surface area contributed by atoms with Crippen molar-refractivity contribution in [2.24, 2.45) is 0 Å². The summed E-state index contributed by atoms with van der Waals surface area (Å²) in [5.74, 6) is -0.733. The molecule has 0 aliphatic carbocycles. The molecular formula is C41H43F3N6O4. The van der Waals surface area contributed by atoms with E-state index in [9.17, 15) is 22.8 Å². The second-order valence-corrected chi connectivity index (χ2v) is 13.3. The first-order valence-electron chi connectivity index (χ1n) is 17.8. The Hall–Kier alpha value is -5.53. The lowest BCUT2D eigenvalue weighted by Gasteiger charge is -2.34. The monoisotopic (exact) mass is 740 g/mol. The Balaban J connectivity index is 1.23. The van der Waals surface area contributed by atoms with Gasteiger partial charge in [0.05, 0.1) is 37.0 Å². The first kappa shape index (κ1) is 38.2. The van der Waals surface area contributed by atoms with E-state index < -0.39 is 23.7 Å². The minimum absolute atomic E-state index is 0.120. The van der Waals surface area contributed by atoms with Crippen LogP contribution in [-0.4, -0.2) is 89.6 Å². The molecule has 1 fully saturated rings. The topological polar surface area (TPSA) is 104 Å². The number of hydrogen-bond donors (Lipinski definition) is 1. The zero-order valence-electron chi connectivity index (χ0n) is 30.2. The molecule has 1 unspecified atom stereocenters. The van der Waals surface area contributed by atoms with Crippen LogP contribution in [0, 0.1) is 0 Å². The summed E-state index contributed by atoms with van der Waals surface area (Å²) in [6.45, 7) is 5.39. The highest BCUT2D eigenvalue weighted by Gasteiger charge is 2.32. The lowest BCUT2D eigenvalue weighted by atomic mass is 10.0. The molecular weight excluding hydrogens is 697 g/mol. The molecule has 0 spiro atoms. The van der Waals surface area contributed by atoms with Crippen molar-refractivity contribution in [2.75, 3.05) is 51.4 Å². The van der Waals surface area contributed by atoms with Crippen LogP contribution in [-0.2, 0) is 38.2 Å². The van der Waals surface area contributed by atoms with Gasteiger partial charge in [-0.05, 0) is 71.7 Å². The minimum atomic E-state index is -4.47. The van der Waals surface area contributed by atoms with E-state index in [1.807, 2.05) is 79.7 Å². The first-order valence-corrected chi connectivity index (χ1v) is 17.8. The van der Waals surface area contributed by atoms with Crippen LogP contribution in [0.2, 0.25) is 0 Å². The number of morpholine rings is 1. The number of benzene rings is 4. The maximum atomic E-state index is 14.4. The van der Waals surface area contributed by atoms with Crippen molar-refractivity contribution in [1.82, 2.24) is 25.2 Å². The largest absolute Gasteiger partial charge is 0.416 e. The van der Waals surface area contributed by atoms with Gasteiger partial charge in [0, 0.05) is 51.4 Å². The lowest BCUT2D eigenvalue weighted by molar-refractivity contribution is -0.143. The predicted octanol–water partition coefficient (Wildman–Crippen LogP) is 6.70. The van der Waals surface area contributed by atoms with Crippen molar-refractivity contribution in [3.8, 4) is 0 Å². The predicted molar refractivity (Wildman–Crippen MR) is 200 cm³/mol. The second kappa shape index (κ2) is 17.5. The van der Waals surface area contributed by atoms with Crippen LogP contribution in [0.25, 0.3) is 17.1 Å². The summed E-state index contributed by atoms with van der Waals surface area (Å²) in [4.78, 5) is 33.9. The highest BCUT2D eigenvalue weighted by atomic mass is 19.4. The van der Waals surface area contributed by atoms with Gasteiger partial charge in [-0.2, -0.15) is 13.2 Å². The number of ether oxygens (including phenoxy) is 2. The van der Waals surface area contributed by atoms with Gasteiger partial charge in [-0.1, -0.05) is 65.9 Å². The molecule has 0 radical (unpaired) electrons. The number of nitrogens with one attached hydrogen (secondary N) is 1. The summed E-state index contributed by atoms with van der Waals surface area (Å²) in [6, 6.07) is 26.8. The third kappa shape index (κ3) is 9.91. The van der Waals surface area contributed by atoms with Gasteiger partial charge in [0.25, 0.3) is 0 Å². The molecule has 4 aromatic carbocycles. The molecule has 1 aliphatic rings. The quantitative estimate of drug-likeness (QED) is 0.126. The molecule has 0 saturated carbocycles. The van der Waals surface area contributed by atoms with Crippen LogP contribution >= 0.6 is 0 Å². The molecule has 0 bridgehead atoms. The number of anilines is 1. The third-order valence-corrected chi connectivity index (χ3v) is 9.53. The molecule has 13 heteroatoms. The number of nitrogens with zero attached hydrogens (tertiary/aromatic N) is 5. The molecule has 2 amide bonds. The molecule has 1 aromatic heterocycles. The number of amides is 2. The van der Waals surface area contributed by atoms with Crippen LogP contribution in [0.1, 0.15) is 40.8 Å². The normalized spacial score (nSPS) is 14.6. The van der Waals surface area contributed by atoms with Gasteiger partial charge in [0.15, 0.2) is 0 Å². The molecule has 2 heterocycles. The second-order valence-electron chi connectivity index (χ2n) is 13.3. The van der Waals surface area contributed by atoms with Crippen LogP contribution in [0.4, 0.5) is 18.9 Å². The number of carbonyl (C=O) groups excluding carboxylic acids is 2. The molecule has 1 aliphatic heterocycles. The first-order chi connectivity index (χ1) is 26.0. The van der Waals surface area contributed by atoms with E-state index in [0.29, 0.717) is 18.8 Å². The van der Waals surface area contributed by atoms with Crippen LogP contribution in [0.15, 0.2) is 103 Å². The van der Waals surface area contributed by atoms with Crippen molar-refractivity contribution < 1.29 is 32.2 Å². The number of aromatic amines is 1. The van der Waals surface area contributed by atoms with E-state index in [1.165, 1.54) is 29.2 Å². The Morgan fingerprint density at radius 3 is 2.39 bits per heavy atom. The smallest absolute Gasteiger partial charge is 0.378 e. The van der Waals surface area contributed by atoms with Gasteiger partial charge in [-0.25, -0.2) is 0 Å². The number of H-pyrrole nitrogens is 1. The fraction of sp³-hybridized carbons (Fsp3) is 0.317. The highest BCUT2D eigenvalue weighted by molar-refractivity contribution is 5.95. The average molecular weight is 741 g/mol. The van der Waals surface area contributed by atoms with Crippen molar-refractivity contribution in [3.63, 3.8) is 0 Å². The molecule has 54 heavy (non-hydrogen) atoms. The van der Waals surface area contributed by atoms with Crippen molar-refractivity contribution in [3.05, 3.63) is 131 Å². The standard InChI is InChI=1S/C41H43F3N6O4/c1-29(33-13-18-36-37(27-33)46-47-45-36)54-25-20-48(2)40(52)38(26-31-6-4-3-5-7-31)50(28-32-10-16-35(17-11-32)49-21-23-53-24-22-49)39(51)19-12-30-8-14-34(15-9-30)41(42,43)44/h3-19,27,29,38H,20-26,28H2,1-2H3,(H,45,46,47)/t29-,38?/m0/s1. The number of likely N-dealkylation sites (N-methyl/N-ethyl adjacent to an activating group) is 1. The van der Waals surface area contributed by atoms with Gasteiger partial charge < -0.3 is 24.2 Å². The van der Waals surface area contributed by atoms with Gasteiger partial charge in [-0.15, -0.1) is 5.10 Å². The number of carbonyl (C=O) groups is 2. The Bertz CT molecular complexity index is 2010. The Morgan fingerprint density at radius 1 is 0.963 bits per heavy atom. The molecule has 6 rings (SSSR count). The van der Waals surface area contributed by atoms with E-state index in [4.69, 9.17) is 9.47 Å². The van der Waals surface area contributed by atoms with E-state index in [2.05, 4.69) is 20.3 Å². The average Bonchev–Trinajstić information content (AvgIpc) is 3.67. The summed E-state index contributed by atoms with van der Waals surface area (Å²) in [5.41, 5.74) is 4.83. The zero-order chi connectivity index (χ0) is 38.1. The number of halogens is 3. The summed E-state index contributed by atoms with van der Waals surface area (Å²) in [5, 5.41) is 10.7. The lowest BCUT2D eigenvalue weighted by Crippen LogP contribution is -2.51. The Kier molecular flexibility index (Phi) is 12.4. The Labute approximate surface area is 312 Å². The van der Waals surface area contributed by atoms with Crippen molar-refractivity contribution >= 4 is 34.6 Å². The molecule has 10 nitrogen and oxygen atoms in total. The van der Waals surface area contributed by atoms with Crippen LogP contribution < -0.4 is 4.90 Å². The van der Waals surface area contributed by atoms with Crippen LogP contribution in [0.3, 0.4) is 0 Å². The van der Waals surface area contributed by atoms with Crippen molar-refractivity contribution in [2.45, 2.75) is 38.2 Å². The fourth-order valence-corrected chi connectivity index (χ4v) is 6.33. The Morgan fingerprint density at radius 2 is 1.69 bits per heavy atom. The number of hydrogen-bond acceptors (Lipinski definition) is 7. The van der Waals surface area contributed by atoms with E-state index in [-0.39, 0.29) is 38.1 Å². The summed E-state index contributed by atoms with van der Waals surface area (Å²) in [6.07, 6.45) is -1.73. The number of rotatable bonds is 14. The van der Waals surface area contributed by atoms with E-state index in [1.54, 1.807) is 11.9 Å².